The first kappa shape index (κ1) is 23.3. The average Bonchev–Trinajstić information content (AvgIpc) is 3.11. The van der Waals surface area contributed by atoms with E-state index in [1.54, 1.807) is 18.2 Å². The number of thiocarbonyl (C=S) groups is 1. The second-order valence-electron chi connectivity index (χ2n) is 7.25. The highest BCUT2D eigenvalue weighted by atomic mass is 35.5. The van der Waals surface area contributed by atoms with E-state index in [9.17, 15) is 9.59 Å². The van der Waals surface area contributed by atoms with Crippen molar-refractivity contribution in [2.75, 3.05) is 12.4 Å². The van der Waals surface area contributed by atoms with Gasteiger partial charge in [-0.1, -0.05) is 35.9 Å². The van der Waals surface area contributed by atoms with Gasteiger partial charge < -0.3 is 15.4 Å². The van der Waals surface area contributed by atoms with E-state index in [1.807, 2.05) is 38.1 Å². The molecule has 4 rings (SSSR count). The number of benzene rings is 2. The van der Waals surface area contributed by atoms with Crippen molar-refractivity contribution < 1.29 is 14.3 Å². The third kappa shape index (κ3) is 4.59. The van der Waals surface area contributed by atoms with Crippen molar-refractivity contribution >= 4 is 69.3 Å². The number of carbonyl (C=O) groups excluding carboxylic acids is 2. The summed E-state index contributed by atoms with van der Waals surface area (Å²) in [6.07, 6.45) is 1.03. The third-order valence-corrected chi connectivity index (χ3v) is 5.75. The Morgan fingerprint density at radius 2 is 1.97 bits per heavy atom. The molecule has 0 unspecified atom stereocenters. The summed E-state index contributed by atoms with van der Waals surface area (Å²) in [5, 5.41) is 7.28. The van der Waals surface area contributed by atoms with Crippen molar-refractivity contribution in [1.29, 1.82) is 0 Å². The van der Waals surface area contributed by atoms with E-state index in [0.29, 0.717) is 16.2 Å². The summed E-state index contributed by atoms with van der Waals surface area (Å²) in [6, 6.07) is 12.8. The third-order valence-electron chi connectivity index (χ3n) is 5.06. The van der Waals surface area contributed by atoms with E-state index >= 15 is 0 Å². The van der Waals surface area contributed by atoms with E-state index in [-0.39, 0.29) is 22.7 Å². The summed E-state index contributed by atoms with van der Waals surface area (Å²) in [6.45, 7) is 3.66. The second kappa shape index (κ2) is 9.54. The highest BCUT2D eigenvalue weighted by Gasteiger charge is 2.36. The SMILES string of the molecule is COC(=O)C=C1N/C(=N\c2nc(C)c3ccccc3n2)N(C(=S)Nc2cccc(Cl)c2C)C1=O. The number of guanidine groups is 1. The van der Waals surface area contributed by atoms with Crippen LogP contribution in [0.2, 0.25) is 5.02 Å². The topological polar surface area (TPSA) is 109 Å². The van der Waals surface area contributed by atoms with Crippen molar-refractivity contribution in [3.05, 3.63) is 70.5 Å². The first-order chi connectivity index (χ1) is 16.3. The summed E-state index contributed by atoms with van der Waals surface area (Å²) in [5.41, 5.74) is 2.73. The number of nitrogens with zero attached hydrogens (tertiary/aromatic N) is 4. The van der Waals surface area contributed by atoms with E-state index in [4.69, 9.17) is 23.8 Å². The number of aromatic nitrogens is 2. The van der Waals surface area contributed by atoms with Gasteiger partial charge in [0.25, 0.3) is 11.9 Å². The molecule has 3 aromatic rings. The average molecular weight is 495 g/mol. The number of amides is 1. The van der Waals surface area contributed by atoms with Crippen LogP contribution in [-0.4, -0.2) is 44.9 Å². The minimum Gasteiger partial charge on any atom is -0.466 e. The quantitative estimate of drug-likeness (QED) is 0.322. The van der Waals surface area contributed by atoms with E-state index < -0.39 is 11.9 Å². The molecule has 1 amide bonds. The first-order valence-electron chi connectivity index (χ1n) is 10.1. The molecule has 34 heavy (non-hydrogen) atoms. The summed E-state index contributed by atoms with van der Waals surface area (Å²) in [7, 11) is 1.21. The fraction of sp³-hybridized carbons (Fsp3) is 0.130. The number of esters is 1. The van der Waals surface area contributed by atoms with E-state index in [0.717, 1.165) is 27.6 Å². The predicted molar refractivity (Wildman–Crippen MR) is 134 cm³/mol. The number of ether oxygens (including phenoxy) is 1. The van der Waals surface area contributed by atoms with Crippen LogP contribution in [0.3, 0.4) is 0 Å². The van der Waals surface area contributed by atoms with Crippen LogP contribution in [0, 0.1) is 13.8 Å². The standard InChI is InChI=1S/C23H19ClN6O3S/c1-12-15(24)8-6-10-16(12)28-23(34)30-20(32)18(11-19(31)33-3)27-22(30)29-21-25-13(2)14-7-4-5-9-17(14)26-21/h4-11H,1-3H3,(H,28,34)(H,25,26,27,29). The lowest BCUT2D eigenvalue weighted by Crippen LogP contribution is -2.41. The van der Waals surface area contributed by atoms with Gasteiger partial charge in [0.2, 0.25) is 5.96 Å². The largest absolute Gasteiger partial charge is 0.466 e. The van der Waals surface area contributed by atoms with Gasteiger partial charge in [-0.3, -0.25) is 4.79 Å². The van der Waals surface area contributed by atoms with Crippen LogP contribution in [0.15, 0.2) is 59.2 Å². The van der Waals surface area contributed by atoms with Gasteiger partial charge in [0, 0.05) is 16.1 Å². The van der Waals surface area contributed by atoms with Crippen LogP contribution in [-0.2, 0) is 14.3 Å². The normalized spacial score (nSPS) is 15.6. The number of nitrogens with one attached hydrogen (secondary N) is 2. The number of rotatable bonds is 3. The molecule has 1 aliphatic heterocycles. The van der Waals surface area contributed by atoms with Crippen LogP contribution in [0.5, 0.6) is 0 Å². The molecule has 11 heteroatoms. The predicted octanol–water partition coefficient (Wildman–Crippen LogP) is 3.77. The van der Waals surface area contributed by atoms with Gasteiger partial charge in [-0.2, -0.15) is 4.99 Å². The highest BCUT2D eigenvalue weighted by molar-refractivity contribution is 7.80. The van der Waals surface area contributed by atoms with Gasteiger partial charge in [0.15, 0.2) is 5.11 Å². The number of hydrogen-bond acceptors (Lipinski definition) is 7. The number of fused-ring (bicyclic) bond motifs is 1. The minimum absolute atomic E-state index is 0.0207. The van der Waals surface area contributed by atoms with Crippen molar-refractivity contribution in [1.82, 2.24) is 20.2 Å². The Bertz CT molecular complexity index is 1400. The smallest absolute Gasteiger partial charge is 0.332 e. The minimum atomic E-state index is -0.709. The van der Waals surface area contributed by atoms with Crippen LogP contribution in [0.4, 0.5) is 11.6 Å². The second-order valence-corrected chi connectivity index (χ2v) is 8.04. The first-order valence-corrected chi connectivity index (χ1v) is 10.9. The molecule has 0 radical (unpaired) electrons. The van der Waals surface area contributed by atoms with Gasteiger partial charge in [-0.05, 0) is 49.8 Å². The molecule has 2 aromatic carbocycles. The molecule has 2 N–H and O–H groups in total. The van der Waals surface area contributed by atoms with Crippen LogP contribution < -0.4 is 10.6 Å². The Kier molecular flexibility index (Phi) is 6.53. The maximum absolute atomic E-state index is 13.1. The van der Waals surface area contributed by atoms with Gasteiger partial charge in [0.05, 0.1) is 24.4 Å². The van der Waals surface area contributed by atoms with Gasteiger partial charge in [-0.25, -0.2) is 19.7 Å². The number of hydrogen-bond donors (Lipinski definition) is 2. The lowest BCUT2D eigenvalue weighted by atomic mass is 10.2. The molecule has 1 saturated heterocycles. The lowest BCUT2D eigenvalue weighted by Gasteiger charge is -2.19. The Balaban J connectivity index is 1.76. The molecule has 0 aliphatic carbocycles. The molecule has 1 aromatic heterocycles. The fourth-order valence-electron chi connectivity index (χ4n) is 3.27. The number of halogens is 1. The Morgan fingerprint density at radius 3 is 2.74 bits per heavy atom. The zero-order chi connectivity index (χ0) is 24.4. The Morgan fingerprint density at radius 1 is 1.21 bits per heavy atom. The summed E-state index contributed by atoms with van der Waals surface area (Å²) in [5.74, 6) is -1.15. The monoisotopic (exact) mass is 494 g/mol. The number of aryl methyl sites for hydroxylation is 1. The number of methoxy groups -OCH3 is 1. The summed E-state index contributed by atoms with van der Waals surface area (Å²) < 4.78 is 4.64. The molecule has 172 valence electrons. The zero-order valence-corrected chi connectivity index (χ0v) is 20.0. The molecule has 9 nitrogen and oxygen atoms in total. The van der Waals surface area contributed by atoms with Crippen LogP contribution >= 0.6 is 23.8 Å². The van der Waals surface area contributed by atoms with Gasteiger partial charge in [-0.15, -0.1) is 0 Å². The van der Waals surface area contributed by atoms with Crippen molar-refractivity contribution in [3.8, 4) is 0 Å². The van der Waals surface area contributed by atoms with Crippen LogP contribution in [0.25, 0.3) is 10.9 Å². The lowest BCUT2D eigenvalue weighted by molar-refractivity contribution is -0.135. The Labute approximate surface area is 205 Å². The molecule has 0 spiro atoms. The number of carbonyl (C=O) groups is 2. The number of para-hydroxylation sites is 1. The molecule has 1 aliphatic rings. The molecule has 0 bridgehead atoms. The molecular formula is C23H19ClN6O3S. The summed E-state index contributed by atoms with van der Waals surface area (Å²) >= 11 is 11.7. The Hall–Kier alpha value is -3.89. The maximum atomic E-state index is 13.1. The molecule has 2 heterocycles. The van der Waals surface area contributed by atoms with E-state index in [2.05, 4.69) is 30.3 Å². The van der Waals surface area contributed by atoms with Crippen LogP contribution in [0.1, 0.15) is 11.3 Å². The number of anilines is 1. The van der Waals surface area contributed by atoms with Gasteiger partial charge >= 0.3 is 5.97 Å². The van der Waals surface area contributed by atoms with Gasteiger partial charge in [0.1, 0.15) is 5.70 Å². The molecule has 1 fully saturated rings. The van der Waals surface area contributed by atoms with Crippen molar-refractivity contribution in [2.24, 2.45) is 4.99 Å². The maximum Gasteiger partial charge on any atom is 0.332 e. The zero-order valence-electron chi connectivity index (χ0n) is 18.4. The van der Waals surface area contributed by atoms with Crippen molar-refractivity contribution in [3.63, 3.8) is 0 Å². The molecule has 0 atom stereocenters. The van der Waals surface area contributed by atoms with Crippen molar-refractivity contribution in [2.45, 2.75) is 13.8 Å². The molecular weight excluding hydrogens is 476 g/mol. The van der Waals surface area contributed by atoms with E-state index in [1.165, 1.54) is 7.11 Å². The number of aliphatic imine (C=N–C) groups is 1. The highest BCUT2D eigenvalue weighted by Crippen LogP contribution is 2.25. The summed E-state index contributed by atoms with van der Waals surface area (Å²) in [4.78, 5) is 39.4. The molecule has 0 saturated carbocycles. The fourth-order valence-corrected chi connectivity index (χ4v) is 3.72.